The maximum Gasteiger partial charge on any atom is 0.241 e. The molecule has 3 rings (SSSR count). The fraction of sp³-hybridized carbons (Fsp3) is 0.227. The average molecular weight is 412 g/mol. The summed E-state index contributed by atoms with van der Waals surface area (Å²) in [5.74, 6) is 0.547. The standard InChI is InChI=1S/C22H25NO3SSi/c1-6-21(28(3,4)5)22(20-15-17-9-7-8-10-19(17)26-20)23-27(24,25)18-13-11-16(2)12-14-18/h7-15,22-23H,1H2,2-5H3/t22-/m1/s1. The Kier molecular flexibility index (Phi) is 5.50. The SMILES string of the molecule is C=C=C([C@H](NS(=O)(=O)c1ccc(C)cc1)c1cc2ccccc2o1)[Si](C)(C)C. The molecule has 4 nitrogen and oxygen atoms in total. The van der Waals surface area contributed by atoms with Crippen molar-refractivity contribution < 1.29 is 12.8 Å². The first kappa shape index (κ1) is 20.4. The second-order valence-corrected chi connectivity index (χ2v) is 14.6. The number of hydrogen-bond acceptors (Lipinski definition) is 3. The molecule has 0 bridgehead atoms. The smallest absolute Gasteiger partial charge is 0.241 e. The Hall–Kier alpha value is -2.37. The summed E-state index contributed by atoms with van der Waals surface area (Å²) in [5, 5.41) is 1.78. The molecule has 2 aromatic carbocycles. The van der Waals surface area contributed by atoms with Gasteiger partial charge >= 0.3 is 0 Å². The highest BCUT2D eigenvalue weighted by Crippen LogP contribution is 2.33. The van der Waals surface area contributed by atoms with Gasteiger partial charge in [0.05, 0.1) is 13.0 Å². The Bertz CT molecular complexity index is 1120. The first-order valence-electron chi connectivity index (χ1n) is 9.10. The summed E-state index contributed by atoms with van der Waals surface area (Å²) in [6, 6.07) is 15.7. The molecule has 0 amide bonds. The molecule has 0 aliphatic carbocycles. The molecule has 6 heteroatoms. The van der Waals surface area contributed by atoms with E-state index in [0.29, 0.717) is 5.76 Å². The van der Waals surface area contributed by atoms with Crippen LogP contribution in [0.25, 0.3) is 11.0 Å². The number of nitrogens with one attached hydrogen (secondary N) is 1. The highest BCUT2D eigenvalue weighted by Gasteiger charge is 2.33. The molecular weight excluding hydrogens is 386 g/mol. The van der Waals surface area contributed by atoms with Crippen LogP contribution in [0.1, 0.15) is 17.4 Å². The molecule has 0 spiro atoms. The maximum absolute atomic E-state index is 13.1. The lowest BCUT2D eigenvalue weighted by molar-refractivity contribution is 0.500. The summed E-state index contributed by atoms with van der Waals surface area (Å²) >= 11 is 0. The van der Waals surface area contributed by atoms with E-state index in [1.807, 2.05) is 37.3 Å². The summed E-state index contributed by atoms with van der Waals surface area (Å²) in [6.45, 7) is 12.2. The summed E-state index contributed by atoms with van der Waals surface area (Å²) in [6.07, 6.45) is 0. The highest BCUT2D eigenvalue weighted by atomic mass is 32.2. The topological polar surface area (TPSA) is 59.3 Å². The highest BCUT2D eigenvalue weighted by molar-refractivity contribution is 7.89. The van der Waals surface area contributed by atoms with Gasteiger partial charge in [-0.25, -0.2) is 8.42 Å². The van der Waals surface area contributed by atoms with Crippen molar-refractivity contribution in [2.24, 2.45) is 0 Å². The van der Waals surface area contributed by atoms with Crippen LogP contribution in [0.5, 0.6) is 0 Å². The van der Waals surface area contributed by atoms with Crippen molar-refractivity contribution in [3.63, 3.8) is 0 Å². The van der Waals surface area contributed by atoms with Gasteiger partial charge < -0.3 is 4.42 Å². The second-order valence-electron chi connectivity index (χ2n) is 7.89. The number of benzene rings is 2. The van der Waals surface area contributed by atoms with Crippen LogP contribution in [0.15, 0.2) is 81.4 Å². The molecule has 0 aliphatic rings. The lowest BCUT2D eigenvalue weighted by atomic mass is 10.2. The van der Waals surface area contributed by atoms with Crippen LogP contribution in [-0.2, 0) is 10.0 Å². The van der Waals surface area contributed by atoms with Crippen molar-refractivity contribution in [2.45, 2.75) is 37.5 Å². The Labute approximate surface area is 167 Å². The van der Waals surface area contributed by atoms with Gasteiger partial charge in [-0.3, -0.25) is 0 Å². The van der Waals surface area contributed by atoms with Crippen LogP contribution < -0.4 is 4.72 Å². The number of rotatable bonds is 6. The summed E-state index contributed by atoms with van der Waals surface area (Å²) < 4.78 is 35.0. The number of aryl methyl sites for hydroxylation is 1. The van der Waals surface area contributed by atoms with E-state index in [4.69, 9.17) is 4.42 Å². The van der Waals surface area contributed by atoms with Gasteiger partial charge in [0.2, 0.25) is 10.0 Å². The minimum atomic E-state index is -3.75. The van der Waals surface area contributed by atoms with E-state index in [9.17, 15) is 8.42 Å². The normalized spacial score (nSPS) is 13.3. The molecule has 146 valence electrons. The van der Waals surface area contributed by atoms with Gasteiger partial charge in [-0.05, 0) is 36.4 Å². The van der Waals surface area contributed by atoms with Crippen molar-refractivity contribution in [3.05, 3.63) is 83.4 Å². The first-order chi connectivity index (χ1) is 13.1. The molecule has 28 heavy (non-hydrogen) atoms. The van der Waals surface area contributed by atoms with E-state index in [2.05, 4.69) is 36.7 Å². The van der Waals surface area contributed by atoms with Gasteiger partial charge in [0.25, 0.3) is 0 Å². The second kappa shape index (κ2) is 7.57. The third-order valence-corrected chi connectivity index (χ3v) is 8.14. The number of furan rings is 1. The number of hydrogen-bond donors (Lipinski definition) is 1. The summed E-state index contributed by atoms with van der Waals surface area (Å²) in [5.41, 5.74) is 4.73. The molecule has 0 radical (unpaired) electrons. The molecular formula is C22H25NO3SSi. The molecule has 0 unspecified atom stereocenters. The molecule has 0 saturated carbocycles. The number of sulfonamides is 1. The fourth-order valence-corrected chi connectivity index (χ4v) is 6.03. The Morgan fingerprint density at radius 1 is 1.11 bits per heavy atom. The molecule has 0 aliphatic heterocycles. The van der Waals surface area contributed by atoms with Crippen molar-refractivity contribution in [1.82, 2.24) is 4.72 Å². The molecule has 1 N–H and O–H groups in total. The van der Waals surface area contributed by atoms with E-state index >= 15 is 0 Å². The van der Waals surface area contributed by atoms with Crippen LogP contribution in [0.2, 0.25) is 19.6 Å². The van der Waals surface area contributed by atoms with Gasteiger partial charge in [0, 0.05) is 5.39 Å². The van der Waals surface area contributed by atoms with Crippen LogP contribution in [0, 0.1) is 6.92 Å². The van der Waals surface area contributed by atoms with Gasteiger partial charge in [0.1, 0.15) is 17.4 Å². The lowest BCUT2D eigenvalue weighted by Gasteiger charge is -2.27. The van der Waals surface area contributed by atoms with E-state index < -0.39 is 24.1 Å². The van der Waals surface area contributed by atoms with Gasteiger partial charge in [-0.2, -0.15) is 4.72 Å². The Morgan fingerprint density at radius 3 is 2.32 bits per heavy atom. The maximum atomic E-state index is 13.1. The van der Waals surface area contributed by atoms with Crippen LogP contribution >= 0.6 is 0 Å². The van der Waals surface area contributed by atoms with Crippen molar-refractivity contribution in [3.8, 4) is 0 Å². The van der Waals surface area contributed by atoms with E-state index in [1.54, 1.807) is 24.3 Å². The van der Waals surface area contributed by atoms with E-state index in [1.165, 1.54) is 0 Å². The summed E-state index contributed by atoms with van der Waals surface area (Å²) in [7, 11) is -5.69. The van der Waals surface area contributed by atoms with Crippen molar-refractivity contribution in [1.29, 1.82) is 0 Å². The summed E-state index contributed by atoms with van der Waals surface area (Å²) in [4.78, 5) is 0.221. The minimum absolute atomic E-state index is 0.221. The minimum Gasteiger partial charge on any atom is -0.459 e. The van der Waals surface area contributed by atoms with Crippen LogP contribution in [-0.4, -0.2) is 16.5 Å². The third kappa shape index (κ3) is 4.21. The lowest BCUT2D eigenvalue weighted by Crippen LogP contribution is -2.37. The molecule has 0 saturated heterocycles. The van der Waals surface area contributed by atoms with Gasteiger partial charge in [0.15, 0.2) is 0 Å². The van der Waals surface area contributed by atoms with Crippen LogP contribution in [0.4, 0.5) is 0 Å². The zero-order chi connectivity index (χ0) is 20.5. The largest absolute Gasteiger partial charge is 0.459 e. The van der Waals surface area contributed by atoms with Gasteiger partial charge in [-0.1, -0.05) is 62.1 Å². The molecule has 1 aromatic heterocycles. The number of fused-ring (bicyclic) bond motifs is 1. The molecule has 3 aromatic rings. The van der Waals surface area contributed by atoms with Crippen molar-refractivity contribution in [2.75, 3.05) is 0 Å². The quantitative estimate of drug-likeness (QED) is 0.439. The van der Waals surface area contributed by atoms with Crippen molar-refractivity contribution >= 4 is 29.1 Å². The predicted molar refractivity (Wildman–Crippen MR) is 116 cm³/mol. The van der Waals surface area contributed by atoms with E-state index in [0.717, 1.165) is 21.7 Å². The zero-order valence-electron chi connectivity index (χ0n) is 16.6. The Morgan fingerprint density at radius 2 is 1.75 bits per heavy atom. The average Bonchev–Trinajstić information content (AvgIpc) is 3.04. The Balaban J connectivity index is 2.11. The van der Waals surface area contributed by atoms with Gasteiger partial charge in [-0.15, -0.1) is 5.73 Å². The van der Waals surface area contributed by atoms with E-state index in [-0.39, 0.29) is 4.90 Å². The first-order valence-corrected chi connectivity index (χ1v) is 14.1. The predicted octanol–water partition coefficient (Wildman–Crippen LogP) is 5.35. The molecule has 1 heterocycles. The van der Waals surface area contributed by atoms with Crippen LogP contribution in [0.3, 0.4) is 0 Å². The monoisotopic (exact) mass is 411 g/mol. The fourth-order valence-electron chi connectivity index (χ4n) is 3.14. The molecule has 0 fully saturated rings. The number of para-hydroxylation sites is 1. The zero-order valence-corrected chi connectivity index (χ0v) is 18.4. The third-order valence-electron chi connectivity index (χ3n) is 4.62. The molecule has 1 atom stereocenters.